The summed E-state index contributed by atoms with van der Waals surface area (Å²) in [6.07, 6.45) is 0. The molecule has 1 aromatic heterocycles. The quantitative estimate of drug-likeness (QED) is 0.563. The third kappa shape index (κ3) is 1.86. The molecule has 0 bridgehead atoms. The van der Waals surface area contributed by atoms with Gasteiger partial charge in [0.1, 0.15) is 0 Å². The van der Waals surface area contributed by atoms with Crippen LogP contribution in [0.2, 0.25) is 0 Å². The maximum Gasteiger partial charge on any atom is 0.238 e. The van der Waals surface area contributed by atoms with Gasteiger partial charge >= 0.3 is 0 Å². The molecule has 0 fully saturated rings. The summed E-state index contributed by atoms with van der Waals surface area (Å²) in [5, 5.41) is 11.2. The van der Waals surface area contributed by atoms with E-state index in [2.05, 4.69) is 4.98 Å². The van der Waals surface area contributed by atoms with Gasteiger partial charge in [0.05, 0.1) is 6.07 Å². The van der Waals surface area contributed by atoms with Crippen LogP contribution in [0.25, 0.3) is 0 Å². The molecule has 0 aromatic carbocycles. The summed E-state index contributed by atoms with van der Waals surface area (Å²) in [5.74, 6) is 1.34. The number of rotatable bonds is 3. The van der Waals surface area contributed by atoms with Crippen molar-refractivity contribution in [2.45, 2.75) is 20.8 Å². The van der Waals surface area contributed by atoms with Crippen LogP contribution < -0.4 is 15.4 Å². The molecule has 0 radical (unpaired) electrons. The Hall–Kier alpha value is -1.52. The molecule has 0 aliphatic rings. The zero-order chi connectivity index (χ0) is 10.7. The van der Waals surface area contributed by atoms with E-state index in [4.69, 9.17) is 5.73 Å². The highest BCUT2D eigenvalue weighted by Crippen LogP contribution is 2.11. The average molecular weight is 196 g/mol. The highest BCUT2D eigenvalue weighted by atomic mass is 16.5. The van der Waals surface area contributed by atoms with E-state index < -0.39 is 0 Å². The third-order valence-electron chi connectivity index (χ3n) is 2.17. The Morgan fingerprint density at radius 3 is 2.50 bits per heavy atom. The highest BCUT2D eigenvalue weighted by Gasteiger charge is 2.12. The predicted octanol–water partition coefficient (Wildman–Crippen LogP) is 0.452. The normalized spacial score (nSPS) is 10.2. The Labute approximate surface area is 83.8 Å². The molecule has 0 amide bonds. The van der Waals surface area contributed by atoms with Crippen molar-refractivity contribution in [1.82, 2.24) is 4.98 Å². The van der Waals surface area contributed by atoms with E-state index in [-0.39, 0.29) is 5.82 Å². The number of nitrogens with zero attached hydrogens (tertiary/aromatic N) is 3. The Kier molecular flexibility index (Phi) is 3.11. The van der Waals surface area contributed by atoms with Gasteiger partial charge in [-0.25, -0.2) is 4.73 Å². The summed E-state index contributed by atoms with van der Waals surface area (Å²) in [5.41, 5.74) is 5.55. The lowest BCUT2D eigenvalue weighted by Gasteiger charge is -2.19. The van der Waals surface area contributed by atoms with Crippen LogP contribution in [0.5, 0.6) is 0 Å². The molecular weight excluding hydrogens is 180 g/mol. The molecule has 14 heavy (non-hydrogen) atoms. The van der Waals surface area contributed by atoms with E-state index in [1.807, 2.05) is 18.7 Å². The second-order valence-corrected chi connectivity index (χ2v) is 3.05. The van der Waals surface area contributed by atoms with Crippen molar-refractivity contribution in [3.63, 3.8) is 0 Å². The van der Waals surface area contributed by atoms with Gasteiger partial charge in [-0.05, 0) is 13.8 Å². The first-order valence-corrected chi connectivity index (χ1v) is 4.71. The number of aromatic nitrogens is 2. The Bertz CT molecular complexity index is 300. The Morgan fingerprint density at radius 1 is 1.50 bits per heavy atom. The lowest BCUT2D eigenvalue weighted by Crippen LogP contribution is -2.36. The van der Waals surface area contributed by atoms with Gasteiger partial charge in [-0.15, -0.1) is 0 Å². The molecule has 0 unspecified atom stereocenters. The predicted molar refractivity (Wildman–Crippen MR) is 55.9 cm³/mol. The van der Waals surface area contributed by atoms with E-state index in [0.717, 1.165) is 18.9 Å². The van der Waals surface area contributed by atoms with Crippen LogP contribution in [0.3, 0.4) is 0 Å². The van der Waals surface area contributed by atoms with Crippen LogP contribution in [0, 0.1) is 12.1 Å². The molecule has 0 aliphatic carbocycles. The van der Waals surface area contributed by atoms with Crippen LogP contribution in [0.15, 0.2) is 6.07 Å². The standard InChI is InChI=1S/C9H16N4O/c1-4-12(5-2)9-6-8(10)13(14)7(3)11-9/h6H,4-5,10H2,1-3H3. The zero-order valence-electron chi connectivity index (χ0n) is 8.82. The monoisotopic (exact) mass is 196 g/mol. The van der Waals surface area contributed by atoms with Crippen molar-refractivity contribution in [2.24, 2.45) is 0 Å². The first kappa shape index (κ1) is 10.6. The number of hydrogen-bond donors (Lipinski definition) is 1. The summed E-state index contributed by atoms with van der Waals surface area (Å²) >= 11 is 0. The van der Waals surface area contributed by atoms with Crippen molar-refractivity contribution in [1.29, 1.82) is 0 Å². The summed E-state index contributed by atoms with van der Waals surface area (Å²) in [7, 11) is 0. The van der Waals surface area contributed by atoms with Crippen molar-refractivity contribution in [2.75, 3.05) is 23.7 Å². The molecule has 0 atom stereocenters. The smallest absolute Gasteiger partial charge is 0.238 e. The Balaban J connectivity index is 3.11. The lowest BCUT2D eigenvalue weighted by molar-refractivity contribution is -0.600. The van der Waals surface area contributed by atoms with E-state index in [9.17, 15) is 5.21 Å². The van der Waals surface area contributed by atoms with E-state index >= 15 is 0 Å². The summed E-state index contributed by atoms with van der Waals surface area (Å²) in [6.45, 7) is 7.43. The molecule has 0 spiro atoms. The highest BCUT2D eigenvalue weighted by molar-refractivity contribution is 5.44. The number of hydrogen-bond acceptors (Lipinski definition) is 4. The summed E-state index contributed by atoms with van der Waals surface area (Å²) in [4.78, 5) is 6.22. The van der Waals surface area contributed by atoms with Gasteiger partial charge < -0.3 is 15.8 Å². The molecule has 1 heterocycles. The minimum absolute atomic E-state index is 0.194. The van der Waals surface area contributed by atoms with Crippen LogP contribution in [-0.4, -0.2) is 18.1 Å². The van der Waals surface area contributed by atoms with E-state index in [1.165, 1.54) is 0 Å². The van der Waals surface area contributed by atoms with Crippen LogP contribution >= 0.6 is 0 Å². The van der Waals surface area contributed by atoms with Gasteiger partial charge in [-0.1, -0.05) is 4.98 Å². The summed E-state index contributed by atoms with van der Waals surface area (Å²) < 4.78 is 0.632. The van der Waals surface area contributed by atoms with Crippen molar-refractivity contribution >= 4 is 11.6 Å². The fraction of sp³-hybridized carbons (Fsp3) is 0.556. The SMILES string of the molecule is CCN(CC)c1cc(N)[n+]([O-])c(C)n1. The average Bonchev–Trinajstić information content (AvgIpc) is 2.16. The van der Waals surface area contributed by atoms with E-state index in [1.54, 1.807) is 13.0 Å². The molecule has 0 aliphatic heterocycles. The van der Waals surface area contributed by atoms with Crippen molar-refractivity contribution in [3.05, 3.63) is 17.1 Å². The zero-order valence-corrected chi connectivity index (χ0v) is 8.82. The second kappa shape index (κ2) is 4.13. The first-order valence-electron chi connectivity index (χ1n) is 4.71. The third-order valence-corrected chi connectivity index (χ3v) is 2.17. The number of nitrogen functional groups attached to an aromatic ring is 1. The summed E-state index contributed by atoms with van der Waals surface area (Å²) in [6, 6.07) is 1.60. The maximum absolute atomic E-state index is 11.2. The molecule has 5 heteroatoms. The first-order chi connectivity index (χ1) is 6.60. The van der Waals surface area contributed by atoms with Crippen molar-refractivity contribution in [3.8, 4) is 0 Å². The number of anilines is 2. The van der Waals surface area contributed by atoms with Crippen molar-refractivity contribution < 1.29 is 4.73 Å². The fourth-order valence-corrected chi connectivity index (χ4v) is 1.33. The topological polar surface area (TPSA) is 69.1 Å². The molecule has 78 valence electrons. The molecule has 0 saturated heterocycles. The Morgan fingerprint density at radius 2 is 2.07 bits per heavy atom. The molecule has 1 rings (SSSR count). The van der Waals surface area contributed by atoms with Gasteiger partial charge in [0.25, 0.3) is 0 Å². The largest absolute Gasteiger partial charge is 0.740 e. The lowest BCUT2D eigenvalue weighted by atomic mass is 10.4. The van der Waals surface area contributed by atoms with Gasteiger partial charge in [0, 0.05) is 20.0 Å². The van der Waals surface area contributed by atoms with Gasteiger partial charge in [0.15, 0.2) is 0 Å². The van der Waals surface area contributed by atoms with Gasteiger partial charge in [0.2, 0.25) is 17.5 Å². The minimum atomic E-state index is 0.194. The molecular formula is C9H16N4O. The molecule has 5 nitrogen and oxygen atoms in total. The van der Waals surface area contributed by atoms with Crippen LogP contribution in [0.4, 0.5) is 11.6 Å². The fourth-order valence-electron chi connectivity index (χ4n) is 1.33. The van der Waals surface area contributed by atoms with Crippen LogP contribution in [-0.2, 0) is 0 Å². The van der Waals surface area contributed by atoms with E-state index in [0.29, 0.717) is 10.6 Å². The number of aryl methyl sites for hydroxylation is 1. The van der Waals surface area contributed by atoms with Gasteiger partial charge in [-0.3, -0.25) is 0 Å². The maximum atomic E-state index is 11.2. The second-order valence-electron chi connectivity index (χ2n) is 3.05. The van der Waals surface area contributed by atoms with Gasteiger partial charge in [-0.2, -0.15) is 0 Å². The molecule has 2 N–H and O–H groups in total. The molecule has 0 saturated carbocycles. The number of nitrogens with two attached hydrogens (primary N) is 1. The van der Waals surface area contributed by atoms with Crippen LogP contribution in [0.1, 0.15) is 19.7 Å². The molecule has 1 aromatic rings. The minimum Gasteiger partial charge on any atom is -0.740 e.